The van der Waals surface area contributed by atoms with Crippen LogP contribution < -0.4 is 11.3 Å². The standard InChI is InChI=1S/C13H23ClN4OS/c1-19-5-4-18-13(11(14)9-16-18)12(17-15)8-10-2-6-20-7-3-10/h9-10,12,17H,2-8,15H2,1H3. The van der Waals surface area contributed by atoms with Crippen LogP contribution in [0.25, 0.3) is 0 Å². The molecule has 1 aliphatic rings. The molecule has 1 fully saturated rings. The average Bonchev–Trinajstić information content (AvgIpc) is 2.84. The number of thioether (sulfide) groups is 1. The van der Waals surface area contributed by atoms with Gasteiger partial charge in [0, 0.05) is 7.11 Å². The second kappa shape index (κ2) is 8.24. The molecule has 0 bridgehead atoms. The van der Waals surface area contributed by atoms with E-state index in [0.717, 1.165) is 12.1 Å². The predicted molar refractivity (Wildman–Crippen MR) is 83.8 cm³/mol. The van der Waals surface area contributed by atoms with Crippen molar-refractivity contribution in [2.24, 2.45) is 11.8 Å². The van der Waals surface area contributed by atoms with E-state index >= 15 is 0 Å². The van der Waals surface area contributed by atoms with Gasteiger partial charge in [-0.1, -0.05) is 11.6 Å². The lowest BCUT2D eigenvalue weighted by Crippen LogP contribution is -2.32. The first kappa shape index (κ1) is 16.1. The number of ether oxygens (including phenoxy) is 1. The molecule has 1 aliphatic heterocycles. The minimum Gasteiger partial charge on any atom is -0.383 e. The number of rotatable bonds is 7. The van der Waals surface area contributed by atoms with E-state index in [9.17, 15) is 0 Å². The highest BCUT2D eigenvalue weighted by molar-refractivity contribution is 7.99. The molecule has 0 amide bonds. The van der Waals surface area contributed by atoms with Crippen molar-refractivity contribution < 1.29 is 4.74 Å². The lowest BCUT2D eigenvalue weighted by molar-refractivity contribution is 0.181. The van der Waals surface area contributed by atoms with Gasteiger partial charge in [-0.3, -0.25) is 16.0 Å². The Balaban J connectivity index is 2.07. The van der Waals surface area contributed by atoms with Gasteiger partial charge >= 0.3 is 0 Å². The molecule has 0 saturated carbocycles. The van der Waals surface area contributed by atoms with E-state index in [2.05, 4.69) is 10.5 Å². The third kappa shape index (κ3) is 4.11. The third-order valence-electron chi connectivity index (χ3n) is 3.78. The zero-order chi connectivity index (χ0) is 14.4. The van der Waals surface area contributed by atoms with Gasteiger partial charge in [0.2, 0.25) is 0 Å². The zero-order valence-corrected chi connectivity index (χ0v) is 13.4. The van der Waals surface area contributed by atoms with Gasteiger partial charge in [-0.2, -0.15) is 16.9 Å². The van der Waals surface area contributed by atoms with Crippen molar-refractivity contribution in [2.75, 3.05) is 25.2 Å². The first-order chi connectivity index (χ1) is 9.76. The van der Waals surface area contributed by atoms with Crippen LogP contribution in [0.15, 0.2) is 6.20 Å². The molecular formula is C13H23ClN4OS. The highest BCUT2D eigenvalue weighted by Gasteiger charge is 2.24. The van der Waals surface area contributed by atoms with Crippen molar-refractivity contribution in [1.29, 1.82) is 0 Å². The van der Waals surface area contributed by atoms with E-state index in [1.807, 2.05) is 16.4 Å². The van der Waals surface area contributed by atoms with E-state index in [0.29, 0.717) is 24.1 Å². The van der Waals surface area contributed by atoms with Crippen molar-refractivity contribution in [3.8, 4) is 0 Å². The lowest BCUT2D eigenvalue weighted by Gasteiger charge is -2.26. The molecule has 1 atom stereocenters. The average molecular weight is 319 g/mol. The Kier molecular flexibility index (Phi) is 6.64. The molecule has 3 N–H and O–H groups in total. The summed E-state index contributed by atoms with van der Waals surface area (Å²) in [4.78, 5) is 0. The number of aromatic nitrogens is 2. The summed E-state index contributed by atoms with van der Waals surface area (Å²) >= 11 is 8.33. The molecule has 7 heteroatoms. The molecule has 0 aromatic carbocycles. The Bertz CT molecular complexity index is 409. The van der Waals surface area contributed by atoms with Crippen LogP contribution >= 0.6 is 23.4 Å². The Morgan fingerprint density at radius 3 is 3.00 bits per heavy atom. The van der Waals surface area contributed by atoms with Crippen LogP contribution in [-0.2, 0) is 11.3 Å². The van der Waals surface area contributed by atoms with Gasteiger partial charge in [-0.15, -0.1) is 0 Å². The number of nitrogens with one attached hydrogen (secondary N) is 1. The van der Waals surface area contributed by atoms with E-state index < -0.39 is 0 Å². The second-order valence-electron chi connectivity index (χ2n) is 5.10. The molecule has 1 saturated heterocycles. The van der Waals surface area contributed by atoms with Crippen LogP contribution in [0.3, 0.4) is 0 Å². The number of nitrogens with zero attached hydrogens (tertiary/aromatic N) is 2. The quantitative estimate of drug-likeness (QED) is 0.596. The van der Waals surface area contributed by atoms with E-state index in [4.69, 9.17) is 22.2 Å². The molecule has 114 valence electrons. The van der Waals surface area contributed by atoms with Gasteiger partial charge in [0.05, 0.1) is 36.1 Å². The Morgan fingerprint density at radius 1 is 1.60 bits per heavy atom. The highest BCUT2D eigenvalue weighted by Crippen LogP contribution is 2.33. The molecular weight excluding hydrogens is 296 g/mol. The SMILES string of the molecule is COCCn1ncc(Cl)c1C(CC1CCSCC1)NN. The fourth-order valence-electron chi connectivity index (χ4n) is 2.65. The number of hydrogen-bond acceptors (Lipinski definition) is 5. The first-order valence-electron chi connectivity index (χ1n) is 7.00. The summed E-state index contributed by atoms with van der Waals surface area (Å²) in [5.74, 6) is 8.97. The second-order valence-corrected chi connectivity index (χ2v) is 6.74. The van der Waals surface area contributed by atoms with Crippen LogP contribution in [0.5, 0.6) is 0 Å². The van der Waals surface area contributed by atoms with Crippen molar-refractivity contribution in [3.63, 3.8) is 0 Å². The number of nitrogens with two attached hydrogens (primary N) is 1. The summed E-state index contributed by atoms with van der Waals surface area (Å²) in [6, 6.07) is 0.0509. The number of halogens is 1. The molecule has 5 nitrogen and oxygen atoms in total. The predicted octanol–water partition coefficient (Wildman–Crippen LogP) is 2.22. The molecule has 0 aliphatic carbocycles. The Morgan fingerprint density at radius 2 is 2.35 bits per heavy atom. The summed E-state index contributed by atoms with van der Waals surface area (Å²) in [6.07, 6.45) is 5.21. The molecule has 1 unspecified atom stereocenters. The Hall–Kier alpha value is -0.270. The minimum atomic E-state index is 0.0509. The van der Waals surface area contributed by atoms with Gasteiger partial charge in [0.25, 0.3) is 0 Å². The topological polar surface area (TPSA) is 65.1 Å². The van der Waals surface area contributed by atoms with Crippen LogP contribution in [0, 0.1) is 5.92 Å². The Labute approximate surface area is 129 Å². The number of hydrazine groups is 1. The third-order valence-corrected chi connectivity index (χ3v) is 5.12. The largest absolute Gasteiger partial charge is 0.383 e. The monoisotopic (exact) mass is 318 g/mol. The smallest absolute Gasteiger partial charge is 0.0834 e. The molecule has 2 heterocycles. The molecule has 1 aromatic rings. The molecule has 20 heavy (non-hydrogen) atoms. The summed E-state index contributed by atoms with van der Waals surface area (Å²) in [5.41, 5.74) is 3.89. The highest BCUT2D eigenvalue weighted by atomic mass is 35.5. The summed E-state index contributed by atoms with van der Waals surface area (Å²) in [7, 11) is 1.68. The van der Waals surface area contributed by atoms with Crippen LogP contribution in [0.4, 0.5) is 0 Å². The molecule has 2 rings (SSSR count). The lowest BCUT2D eigenvalue weighted by atomic mass is 9.93. The van der Waals surface area contributed by atoms with Gasteiger partial charge < -0.3 is 4.74 Å². The summed E-state index contributed by atoms with van der Waals surface area (Å²) < 4.78 is 7.01. The van der Waals surface area contributed by atoms with Crippen molar-refractivity contribution in [2.45, 2.75) is 31.8 Å². The first-order valence-corrected chi connectivity index (χ1v) is 8.53. The maximum Gasteiger partial charge on any atom is 0.0834 e. The minimum absolute atomic E-state index is 0.0509. The van der Waals surface area contributed by atoms with Crippen molar-refractivity contribution >= 4 is 23.4 Å². The normalized spacial score (nSPS) is 18.4. The summed E-state index contributed by atoms with van der Waals surface area (Å²) in [6.45, 7) is 1.31. The van der Waals surface area contributed by atoms with Crippen molar-refractivity contribution in [3.05, 3.63) is 16.9 Å². The van der Waals surface area contributed by atoms with Gasteiger partial charge in [0.15, 0.2) is 0 Å². The van der Waals surface area contributed by atoms with Crippen LogP contribution in [-0.4, -0.2) is 35.0 Å². The molecule has 0 spiro atoms. The number of methoxy groups -OCH3 is 1. The van der Waals surface area contributed by atoms with E-state index in [-0.39, 0.29) is 6.04 Å². The van der Waals surface area contributed by atoms with E-state index in [1.165, 1.54) is 24.3 Å². The zero-order valence-electron chi connectivity index (χ0n) is 11.8. The van der Waals surface area contributed by atoms with Crippen molar-refractivity contribution in [1.82, 2.24) is 15.2 Å². The van der Waals surface area contributed by atoms with Crippen LogP contribution in [0.1, 0.15) is 31.0 Å². The molecule has 0 radical (unpaired) electrons. The molecule has 1 aromatic heterocycles. The fraction of sp³-hybridized carbons (Fsp3) is 0.769. The van der Waals surface area contributed by atoms with Gasteiger partial charge in [-0.05, 0) is 36.7 Å². The maximum atomic E-state index is 6.29. The maximum absolute atomic E-state index is 6.29. The summed E-state index contributed by atoms with van der Waals surface area (Å²) in [5, 5.41) is 5.00. The number of hydrogen-bond donors (Lipinski definition) is 2. The van der Waals surface area contributed by atoms with E-state index in [1.54, 1.807) is 13.3 Å². The van der Waals surface area contributed by atoms with Gasteiger partial charge in [-0.25, -0.2) is 0 Å². The fourth-order valence-corrected chi connectivity index (χ4v) is 4.13. The van der Waals surface area contributed by atoms with Crippen LogP contribution in [0.2, 0.25) is 5.02 Å². The van der Waals surface area contributed by atoms with Gasteiger partial charge in [0.1, 0.15) is 0 Å².